The molecule has 0 aromatic carbocycles. The molecule has 2 heteroatoms. The van der Waals surface area contributed by atoms with Gasteiger partial charge in [-0.15, -0.1) is 6.58 Å². The monoisotopic (exact) mass is 143 g/mol. The molecule has 0 bridgehead atoms. The third kappa shape index (κ3) is 5.79. The Kier molecular flexibility index (Phi) is 6.55. The SMILES string of the molecule is C=CC[C@@H](O)CCCNC. The second-order valence-electron chi connectivity index (χ2n) is 2.42. The zero-order valence-electron chi connectivity index (χ0n) is 6.64. The highest BCUT2D eigenvalue weighted by Crippen LogP contribution is 2.00. The van der Waals surface area contributed by atoms with Gasteiger partial charge in [0.1, 0.15) is 0 Å². The lowest BCUT2D eigenvalue weighted by atomic mass is 10.1. The first-order valence-corrected chi connectivity index (χ1v) is 3.74. The van der Waals surface area contributed by atoms with Crippen molar-refractivity contribution in [2.45, 2.75) is 25.4 Å². The Balaban J connectivity index is 3.04. The summed E-state index contributed by atoms with van der Waals surface area (Å²) in [6, 6.07) is 0. The Morgan fingerprint density at radius 3 is 2.90 bits per heavy atom. The van der Waals surface area contributed by atoms with Crippen molar-refractivity contribution in [2.75, 3.05) is 13.6 Å². The normalized spacial score (nSPS) is 13.0. The van der Waals surface area contributed by atoms with Gasteiger partial charge in [0.2, 0.25) is 0 Å². The molecule has 60 valence electrons. The van der Waals surface area contributed by atoms with Crippen molar-refractivity contribution in [3.8, 4) is 0 Å². The first-order valence-electron chi connectivity index (χ1n) is 3.74. The lowest BCUT2D eigenvalue weighted by Gasteiger charge is -2.05. The minimum atomic E-state index is -0.189. The lowest BCUT2D eigenvalue weighted by Crippen LogP contribution is -2.12. The summed E-state index contributed by atoms with van der Waals surface area (Å²) in [6.45, 7) is 4.53. The molecule has 0 aromatic heterocycles. The molecule has 2 N–H and O–H groups in total. The quantitative estimate of drug-likeness (QED) is 0.428. The van der Waals surface area contributed by atoms with E-state index in [2.05, 4.69) is 11.9 Å². The van der Waals surface area contributed by atoms with Gasteiger partial charge in [0, 0.05) is 0 Å². The van der Waals surface area contributed by atoms with Crippen molar-refractivity contribution in [1.29, 1.82) is 0 Å². The zero-order valence-corrected chi connectivity index (χ0v) is 6.64. The van der Waals surface area contributed by atoms with E-state index in [0.29, 0.717) is 6.42 Å². The zero-order chi connectivity index (χ0) is 7.82. The Morgan fingerprint density at radius 2 is 2.40 bits per heavy atom. The summed E-state index contributed by atoms with van der Waals surface area (Å²) in [5.41, 5.74) is 0. The van der Waals surface area contributed by atoms with Gasteiger partial charge >= 0.3 is 0 Å². The minimum Gasteiger partial charge on any atom is -0.393 e. The van der Waals surface area contributed by atoms with Crippen molar-refractivity contribution in [3.63, 3.8) is 0 Å². The summed E-state index contributed by atoms with van der Waals surface area (Å²) >= 11 is 0. The van der Waals surface area contributed by atoms with Crippen LogP contribution < -0.4 is 5.32 Å². The van der Waals surface area contributed by atoms with Crippen LogP contribution >= 0.6 is 0 Å². The summed E-state index contributed by atoms with van der Waals surface area (Å²) in [6.07, 6.45) is 4.18. The highest BCUT2D eigenvalue weighted by Gasteiger charge is 1.98. The van der Waals surface area contributed by atoms with E-state index in [1.165, 1.54) is 0 Å². The number of hydrogen-bond donors (Lipinski definition) is 2. The molecule has 0 spiro atoms. The second kappa shape index (κ2) is 6.78. The maximum absolute atomic E-state index is 9.18. The van der Waals surface area contributed by atoms with Crippen molar-refractivity contribution in [2.24, 2.45) is 0 Å². The van der Waals surface area contributed by atoms with Crippen molar-refractivity contribution < 1.29 is 5.11 Å². The van der Waals surface area contributed by atoms with Crippen LogP contribution in [0, 0.1) is 0 Å². The second-order valence-corrected chi connectivity index (χ2v) is 2.42. The van der Waals surface area contributed by atoms with Gasteiger partial charge in [-0.25, -0.2) is 0 Å². The molecule has 0 aliphatic rings. The fourth-order valence-corrected chi connectivity index (χ4v) is 0.825. The fraction of sp³-hybridized carbons (Fsp3) is 0.750. The molecule has 1 atom stereocenters. The van der Waals surface area contributed by atoms with E-state index in [-0.39, 0.29) is 6.10 Å². The summed E-state index contributed by atoms with van der Waals surface area (Å²) in [5.74, 6) is 0. The van der Waals surface area contributed by atoms with E-state index < -0.39 is 0 Å². The van der Waals surface area contributed by atoms with E-state index in [1.54, 1.807) is 6.08 Å². The molecule has 2 nitrogen and oxygen atoms in total. The van der Waals surface area contributed by atoms with Crippen LogP contribution in [-0.4, -0.2) is 24.8 Å². The van der Waals surface area contributed by atoms with Gasteiger partial charge in [-0.1, -0.05) is 6.08 Å². The predicted molar refractivity (Wildman–Crippen MR) is 44.0 cm³/mol. The predicted octanol–water partition coefficient (Wildman–Crippen LogP) is 0.923. The molecule has 0 saturated heterocycles. The number of rotatable bonds is 6. The molecular formula is C8H17NO. The van der Waals surface area contributed by atoms with Crippen LogP contribution in [0.3, 0.4) is 0 Å². The Bertz CT molecular complexity index is 83.3. The topological polar surface area (TPSA) is 32.3 Å². The van der Waals surface area contributed by atoms with E-state index in [1.807, 2.05) is 7.05 Å². The van der Waals surface area contributed by atoms with E-state index in [9.17, 15) is 5.11 Å². The van der Waals surface area contributed by atoms with E-state index >= 15 is 0 Å². The lowest BCUT2D eigenvalue weighted by molar-refractivity contribution is 0.165. The van der Waals surface area contributed by atoms with Gasteiger partial charge in [-0.3, -0.25) is 0 Å². The first kappa shape index (κ1) is 9.66. The molecule has 0 aliphatic heterocycles. The van der Waals surface area contributed by atoms with Crippen LogP contribution in [-0.2, 0) is 0 Å². The molecule has 0 fully saturated rings. The molecule has 10 heavy (non-hydrogen) atoms. The van der Waals surface area contributed by atoms with Crippen LogP contribution in [0.4, 0.5) is 0 Å². The minimum absolute atomic E-state index is 0.189. The van der Waals surface area contributed by atoms with Crippen molar-refractivity contribution >= 4 is 0 Å². The molecule has 0 heterocycles. The van der Waals surface area contributed by atoms with Gasteiger partial charge in [-0.2, -0.15) is 0 Å². The number of aliphatic hydroxyl groups is 1. The van der Waals surface area contributed by atoms with Crippen LogP contribution in [0.25, 0.3) is 0 Å². The molecule has 0 aliphatic carbocycles. The van der Waals surface area contributed by atoms with E-state index in [0.717, 1.165) is 19.4 Å². The van der Waals surface area contributed by atoms with Crippen LogP contribution in [0.1, 0.15) is 19.3 Å². The van der Waals surface area contributed by atoms with Gasteiger partial charge in [0.25, 0.3) is 0 Å². The Morgan fingerprint density at radius 1 is 1.70 bits per heavy atom. The Hall–Kier alpha value is -0.340. The standard InChI is InChI=1S/C8H17NO/c1-3-5-8(10)6-4-7-9-2/h3,8-10H,1,4-7H2,2H3/t8-/m1/s1. The van der Waals surface area contributed by atoms with Crippen LogP contribution in [0.15, 0.2) is 12.7 Å². The first-order chi connectivity index (χ1) is 4.81. The average molecular weight is 143 g/mol. The van der Waals surface area contributed by atoms with Crippen LogP contribution in [0.5, 0.6) is 0 Å². The molecule has 0 amide bonds. The summed E-state index contributed by atoms with van der Waals surface area (Å²) in [5, 5.41) is 12.2. The average Bonchev–Trinajstić information content (AvgIpc) is 1.89. The van der Waals surface area contributed by atoms with Crippen LogP contribution in [0.2, 0.25) is 0 Å². The number of hydrogen-bond acceptors (Lipinski definition) is 2. The number of nitrogens with one attached hydrogen (secondary N) is 1. The summed E-state index contributed by atoms with van der Waals surface area (Å²) in [7, 11) is 1.92. The third-order valence-electron chi connectivity index (χ3n) is 1.40. The smallest absolute Gasteiger partial charge is 0.0575 e. The molecule has 0 rings (SSSR count). The molecule has 0 aromatic rings. The highest BCUT2D eigenvalue weighted by atomic mass is 16.3. The van der Waals surface area contributed by atoms with Gasteiger partial charge in [0.05, 0.1) is 6.10 Å². The number of aliphatic hydroxyl groups excluding tert-OH is 1. The maximum Gasteiger partial charge on any atom is 0.0575 e. The van der Waals surface area contributed by atoms with E-state index in [4.69, 9.17) is 0 Å². The fourth-order valence-electron chi connectivity index (χ4n) is 0.825. The molecule has 0 saturated carbocycles. The largest absolute Gasteiger partial charge is 0.393 e. The summed E-state index contributed by atoms with van der Waals surface area (Å²) in [4.78, 5) is 0. The third-order valence-corrected chi connectivity index (χ3v) is 1.40. The molecule has 0 unspecified atom stereocenters. The maximum atomic E-state index is 9.18. The van der Waals surface area contributed by atoms with Gasteiger partial charge in [-0.05, 0) is 32.9 Å². The van der Waals surface area contributed by atoms with Gasteiger partial charge in [0.15, 0.2) is 0 Å². The summed E-state index contributed by atoms with van der Waals surface area (Å²) < 4.78 is 0. The van der Waals surface area contributed by atoms with Crippen molar-refractivity contribution in [1.82, 2.24) is 5.32 Å². The Labute approximate surface area is 62.9 Å². The highest BCUT2D eigenvalue weighted by molar-refractivity contribution is 4.72. The van der Waals surface area contributed by atoms with Gasteiger partial charge < -0.3 is 10.4 Å². The molecule has 0 radical (unpaired) electrons. The van der Waals surface area contributed by atoms with Crippen molar-refractivity contribution in [3.05, 3.63) is 12.7 Å². The molecular weight excluding hydrogens is 126 g/mol.